The molecular formula is C28H32N2O2. The van der Waals surface area contributed by atoms with Crippen molar-refractivity contribution in [3.05, 3.63) is 95.6 Å². The van der Waals surface area contributed by atoms with E-state index in [1.165, 1.54) is 11.1 Å². The van der Waals surface area contributed by atoms with Gasteiger partial charge >= 0.3 is 0 Å². The Morgan fingerprint density at radius 2 is 1.66 bits per heavy atom. The van der Waals surface area contributed by atoms with Crippen LogP contribution in [-0.4, -0.2) is 29.0 Å². The third-order valence-electron chi connectivity index (χ3n) is 6.23. The second kappa shape index (κ2) is 9.58. The second-order valence-electron chi connectivity index (χ2n) is 9.03. The van der Waals surface area contributed by atoms with Gasteiger partial charge in [-0.25, -0.2) is 0 Å². The fourth-order valence-corrected chi connectivity index (χ4v) is 4.15. The van der Waals surface area contributed by atoms with Gasteiger partial charge in [-0.2, -0.15) is 0 Å². The van der Waals surface area contributed by atoms with Crippen LogP contribution in [0.25, 0.3) is 0 Å². The van der Waals surface area contributed by atoms with Gasteiger partial charge in [-0.3, -0.25) is 9.69 Å². The molecule has 32 heavy (non-hydrogen) atoms. The summed E-state index contributed by atoms with van der Waals surface area (Å²) in [6, 6.07) is 26.6. The molecule has 3 aromatic carbocycles. The van der Waals surface area contributed by atoms with Crippen LogP contribution in [0.15, 0.2) is 78.9 Å². The van der Waals surface area contributed by atoms with Crippen LogP contribution < -0.4 is 10.1 Å². The molecule has 0 aliphatic carbocycles. The fourth-order valence-electron chi connectivity index (χ4n) is 4.15. The number of anilines is 1. The number of nitrogens with one attached hydrogen (secondary N) is 1. The highest BCUT2D eigenvalue weighted by atomic mass is 16.5. The Hall–Kier alpha value is -3.11. The Kier molecular flexibility index (Phi) is 6.61. The van der Waals surface area contributed by atoms with Crippen LogP contribution in [0.5, 0.6) is 5.75 Å². The van der Waals surface area contributed by atoms with Crippen molar-refractivity contribution in [1.82, 2.24) is 4.90 Å². The van der Waals surface area contributed by atoms with E-state index in [9.17, 15) is 4.79 Å². The average molecular weight is 429 g/mol. The topological polar surface area (TPSA) is 41.6 Å². The SMILES string of the molecule is CC(C)Oc1ccc(CN2CCC2(C)C(=O)Nc2ccccc2Cc2ccccc2)cc1. The van der Waals surface area contributed by atoms with Gasteiger partial charge in [-0.15, -0.1) is 0 Å². The molecule has 3 aromatic rings. The van der Waals surface area contributed by atoms with Crippen molar-refractivity contribution >= 4 is 11.6 Å². The molecule has 4 heteroatoms. The highest BCUT2D eigenvalue weighted by molar-refractivity contribution is 5.99. The summed E-state index contributed by atoms with van der Waals surface area (Å²) < 4.78 is 5.74. The summed E-state index contributed by atoms with van der Waals surface area (Å²) in [5, 5.41) is 3.22. The zero-order valence-corrected chi connectivity index (χ0v) is 19.2. The predicted octanol–water partition coefficient (Wildman–Crippen LogP) is 5.67. The third-order valence-corrected chi connectivity index (χ3v) is 6.23. The quantitative estimate of drug-likeness (QED) is 0.503. The number of benzene rings is 3. The number of amides is 1. The summed E-state index contributed by atoms with van der Waals surface area (Å²) in [6.45, 7) is 7.76. The molecule has 0 radical (unpaired) electrons. The molecule has 1 heterocycles. The zero-order chi connectivity index (χ0) is 22.6. The van der Waals surface area contributed by atoms with Crippen molar-refractivity contribution in [2.24, 2.45) is 0 Å². The van der Waals surface area contributed by atoms with Crippen LogP contribution in [0, 0.1) is 0 Å². The molecule has 1 saturated heterocycles. The largest absolute Gasteiger partial charge is 0.491 e. The van der Waals surface area contributed by atoms with Crippen molar-refractivity contribution in [3.63, 3.8) is 0 Å². The number of ether oxygens (including phenoxy) is 1. The smallest absolute Gasteiger partial charge is 0.244 e. The lowest BCUT2D eigenvalue weighted by Gasteiger charge is -2.49. The highest BCUT2D eigenvalue weighted by Gasteiger charge is 2.46. The first kappa shape index (κ1) is 22.1. The van der Waals surface area contributed by atoms with E-state index in [1.807, 2.05) is 69.3 Å². The molecule has 0 spiro atoms. The maximum Gasteiger partial charge on any atom is 0.244 e. The number of rotatable bonds is 8. The first-order chi connectivity index (χ1) is 15.4. The molecule has 4 rings (SSSR count). The lowest BCUT2D eigenvalue weighted by atomic mass is 9.84. The lowest BCUT2D eigenvalue weighted by Crippen LogP contribution is -2.63. The van der Waals surface area contributed by atoms with Crippen LogP contribution in [0.2, 0.25) is 0 Å². The molecule has 1 unspecified atom stereocenters. The number of carbonyl (C=O) groups is 1. The monoisotopic (exact) mass is 428 g/mol. The van der Waals surface area contributed by atoms with Gasteiger partial charge in [-0.05, 0) is 68.5 Å². The minimum Gasteiger partial charge on any atom is -0.491 e. The number of para-hydroxylation sites is 1. The Labute approximate surface area is 191 Å². The number of likely N-dealkylation sites (tertiary alicyclic amines) is 1. The summed E-state index contributed by atoms with van der Waals surface area (Å²) in [4.78, 5) is 15.6. The van der Waals surface area contributed by atoms with E-state index in [-0.39, 0.29) is 12.0 Å². The van der Waals surface area contributed by atoms with Crippen LogP contribution in [0.1, 0.15) is 43.9 Å². The molecule has 1 aliphatic heterocycles. The van der Waals surface area contributed by atoms with E-state index in [0.29, 0.717) is 0 Å². The number of carbonyl (C=O) groups excluding carboxylic acids is 1. The van der Waals surface area contributed by atoms with Crippen molar-refractivity contribution in [1.29, 1.82) is 0 Å². The highest BCUT2D eigenvalue weighted by Crippen LogP contribution is 2.34. The minimum atomic E-state index is -0.507. The second-order valence-corrected chi connectivity index (χ2v) is 9.03. The van der Waals surface area contributed by atoms with Crippen LogP contribution in [0.3, 0.4) is 0 Å². The molecule has 4 nitrogen and oxygen atoms in total. The van der Waals surface area contributed by atoms with Crippen molar-refractivity contribution < 1.29 is 9.53 Å². The summed E-state index contributed by atoms with van der Waals surface area (Å²) in [5.74, 6) is 0.937. The molecule has 1 fully saturated rings. The van der Waals surface area contributed by atoms with Gasteiger partial charge in [0.25, 0.3) is 0 Å². The van der Waals surface area contributed by atoms with Crippen molar-refractivity contribution in [2.75, 3.05) is 11.9 Å². The van der Waals surface area contributed by atoms with E-state index in [4.69, 9.17) is 4.74 Å². The Morgan fingerprint density at radius 1 is 0.969 bits per heavy atom. The van der Waals surface area contributed by atoms with Gasteiger partial charge in [-0.1, -0.05) is 60.7 Å². The molecule has 0 aromatic heterocycles. The maximum atomic E-state index is 13.3. The standard InChI is InChI=1S/C28H32N2O2/c1-21(2)32-25-15-13-23(14-16-25)20-30-18-17-28(30,3)27(31)29-26-12-8-7-11-24(26)19-22-9-5-4-6-10-22/h4-16,21H,17-20H2,1-3H3,(H,29,31). The lowest BCUT2D eigenvalue weighted by molar-refractivity contribution is -0.136. The summed E-state index contributed by atoms with van der Waals surface area (Å²) in [6.07, 6.45) is 1.81. The molecule has 0 saturated carbocycles. The van der Waals surface area contributed by atoms with Gasteiger partial charge < -0.3 is 10.1 Å². The molecule has 1 N–H and O–H groups in total. The maximum absolute atomic E-state index is 13.3. The molecule has 1 atom stereocenters. The zero-order valence-electron chi connectivity index (χ0n) is 19.2. The normalized spacial score (nSPS) is 18.2. The molecular weight excluding hydrogens is 396 g/mol. The van der Waals surface area contributed by atoms with Gasteiger partial charge in [0.1, 0.15) is 5.75 Å². The van der Waals surface area contributed by atoms with Crippen LogP contribution in [-0.2, 0) is 17.8 Å². The van der Waals surface area contributed by atoms with Crippen molar-refractivity contribution in [3.8, 4) is 5.75 Å². The average Bonchev–Trinajstić information content (AvgIpc) is 2.79. The number of nitrogens with zero attached hydrogens (tertiary/aromatic N) is 1. The van der Waals surface area contributed by atoms with Gasteiger partial charge in [0.15, 0.2) is 0 Å². The molecule has 1 aliphatic rings. The third kappa shape index (κ3) is 5.03. The molecule has 1 amide bonds. The van der Waals surface area contributed by atoms with E-state index < -0.39 is 5.54 Å². The van der Waals surface area contributed by atoms with E-state index in [0.717, 1.165) is 42.9 Å². The Balaban J connectivity index is 1.42. The fraction of sp³-hybridized carbons (Fsp3) is 0.321. The Morgan fingerprint density at radius 3 is 2.31 bits per heavy atom. The number of hydrogen-bond acceptors (Lipinski definition) is 3. The first-order valence-corrected chi connectivity index (χ1v) is 11.4. The first-order valence-electron chi connectivity index (χ1n) is 11.4. The van der Waals surface area contributed by atoms with Crippen molar-refractivity contribution in [2.45, 2.75) is 51.8 Å². The van der Waals surface area contributed by atoms with Gasteiger partial charge in [0.05, 0.1) is 11.6 Å². The van der Waals surface area contributed by atoms with Crippen LogP contribution >= 0.6 is 0 Å². The van der Waals surface area contributed by atoms with E-state index in [2.05, 4.69) is 40.5 Å². The van der Waals surface area contributed by atoms with E-state index in [1.54, 1.807) is 0 Å². The summed E-state index contributed by atoms with van der Waals surface area (Å²) >= 11 is 0. The minimum absolute atomic E-state index is 0.0593. The molecule has 166 valence electrons. The van der Waals surface area contributed by atoms with Gasteiger partial charge in [0.2, 0.25) is 5.91 Å². The van der Waals surface area contributed by atoms with E-state index >= 15 is 0 Å². The predicted molar refractivity (Wildman–Crippen MR) is 130 cm³/mol. The summed E-state index contributed by atoms with van der Waals surface area (Å²) in [5.41, 5.74) is 3.93. The Bertz CT molecular complexity index is 1050. The molecule has 0 bridgehead atoms. The summed E-state index contributed by atoms with van der Waals surface area (Å²) in [7, 11) is 0. The number of hydrogen-bond donors (Lipinski definition) is 1. The van der Waals surface area contributed by atoms with Gasteiger partial charge in [0, 0.05) is 18.8 Å². The van der Waals surface area contributed by atoms with Crippen LogP contribution in [0.4, 0.5) is 5.69 Å².